The zero-order valence-electron chi connectivity index (χ0n) is 11.1. The van der Waals surface area contributed by atoms with E-state index in [1.807, 2.05) is 12.3 Å². The summed E-state index contributed by atoms with van der Waals surface area (Å²) in [4.78, 5) is 28.3. The number of carbonyl (C=O) groups is 2. The number of carbonyl (C=O) groups excluding carboxylic acids is 2. The summed E-state index contributed by atoms with van der Waals surface area (Å²) in [5.74, 6) is -1.11. The first-order valence-corrected chi connectivity index (χ1v) is 6.98. The summed E-state index contributed by atoms with van der Waals surface area (Å²) in [5, 5.41) is 0.865. The number of rotatable bonds is 3. The van der Waals surface area contributed by atoms with Crippen LogP contribution in [0.3, 0.4) is 0 Å². The summed E-state index contributed by atoms with van der Waals surface area (Å²) in [7, 11) is 2.56. The summed E-state index contributed by atoms with van der Waals surface area (Å²) in [6, 6.07) is 1.91. The van der Waals surface area contributed by atoms with Crippen molar-refractivity contribution in [3.63, 3.8) is 0 Å². The van der Waals surface area contributed by atoms with E-state index >= 15 is 0 Å². The van der Waals surface area contributed by atoms with Gasteiger partial charge in [-0.25, -0.2) is 4.98 Å². The van der Waals surface area contributed by atoms with Gasteiger partial charge in [0.2, 0.25) is 0 Å². The van der Waals surface area contributed by atoms with Crippen molar-refractivity contribution in [3.8, 4) is 0 Å². The largest absolute Gasteiger partial charge is 0.468 e. The van der Waals surface area contributed by atoms with Crippen molar-refractivity contribution in [3.05, 3.63) is 23.4 Å². The Hall–Kier alpha value is -1.56. The van der Waals surface area contributed by atoms with E-state index in [9.17, 15) is 9.59 Å². The highest BCUT2D eigenvalue weighted by atomic mass is 32.2. The highest BCUT2D eigenvalue weighted by molar-refractivity contribution is 7.98. The number of hydrogen-bond donors (Lipinski definition) is 0. The van der Waals surface area contributed by atoms with Gasteiger partial charge in [-0.3, -0.25) is 9.59 Å². The SMILES string of the molecule is COC(=O)C1(C(=O)OC)Cc2cnc(SC)cc2C1. The van der Waals surface area contributed by atoms with Gasteiger partial charge in [0.15, 0.2) is 5.41 Å². The molecule has 1 aromatic rings. The van der Waals surface area contributed by atoms with Crippen LogP contribution in [0.4, 0.5) is 0 Å². The van der Waals surface area contributed by atoms with Crippen molar-refractivity contribution in [2.75, 3.05) is 20.5 Å². The first kappa shape index (κ1) is 13.9. The zero-order valence-corrected chi connectivity index (χ0v) is 11.9. The molecule has 19 heavy (non-hydrogen) atoms. The fourth-order valence-corrected chi connectivity index (χ4v) is 2.83. The quantitative estimate of drug-likeness (QED) is 0.472. The number of hydrogen-bond acceptors (Lipinski definition) is 6. The third-order valence-corrected chi connectivity index (χ3v) is 4.05. The number of nitrogens with zero attached hydrogens (tertiary/aromatic N) is 1. The molecule has 0 spiro atoms. The number of fused-ring (bicyclic) bond motifs is 1. The second kappa shape index (κ2) is 5.21. The fraction of sp³-hybridized carbons (Fsp3) is 0.462. The molecule has 2 rings (SSSR count). The third kappa shape index (κ3) is 2.20. The average Bonchev–Trinajstić information content (AvgIpc) is 2.84. The van der Waals surface area contributed by atoms with Crippen LogP contribution in [0.25, 0.3) is 0 Å². The maximum Gasteiger partial charge on any atom is 0.323 e. The normalized spacial score (nSPS) is 15.7. The molecule has 0 radical (unpaired) electrons. The van der Waals surface area contributed by atoms with Crippen LogP contribution < -0.4 is 0 Å². The maximum atomic E-state index is 12.0. The number of esters is 2. The molecule has 0 amide bonds. The number of aromatic nitrogens is 1. The molecule has 0 N–H and O–H groups in total. The van der Waals surface area contributed by atoms with Crippen molar-refractivity contribution in [2.45, 2.75) is 17.9 Å². The Morgan fingerprint density at radius 3 is 2.32 bits per heavy atom. The van der Waals surface area contributed by atoms with Gasteiger partial charge >= 0.3 is 11.9 Å². The Morgan fingerprint density at radius 2 is 1.79 bits per heavy atom. The topological polar surface area (TPSA) is 65.5 Å². The van der Waals surface area contributed by atoms with Crippen LogP contribution in [0.1, 0.15) is 11.1 Å². The molecule has 102 valence electrons. The molecular weight excluding hydrogens is 266 g/mol. The van der Waals surface area contributed by atoms with Crippen LogP contribution in [0, 0.1) is 5.41 Å². The Morgan fingerprint density at radius 1 is 1.21 bits per heavy atom. The minimum atomic E-state index is -1.26. The fourth-order valence-electron chi connectivity index (χ4n) is 2.41. The minimum absolute atomic E-state index is 0.281. The van der Waals surface area contributed by atoms with Gasteiger partial charge in [-0.1, -0.05) is 0 Å². The van der Waals surface area contributed by atoms with Crippen LogP contribution in [0.15, 0.2) is 17.3 Å². The van der Waals surface area contributed by atoms with Crippen LogP contribution in [0.2, 0.25) is 0 Å². The molecule has 0 fully saturated rings. The Balaban J connectivity index is 2.41. The van der Waals surface area contributed by atoms with E-state index in [4.69, 9.17) is 9.47 Å². The number of ether oxygens (including phenoxy) is 2. The first-order valence-electron chi connectivity index (χ1n) is 5.76. The van der Waals surface area contributed by atoms with Crippen LogP contribution in [0.5, 0.6) is 0 Å². The van der Waals surface area contributed by atoms with Crippen LogP contribution in [-0.4, -0.2) is 37.4 Å². The van der Waals surface area contributed by atoms with Crippen molar-refractivity contribution >= 4 is 23.7 Å². The lowest BCUT2D eigenvalue weighted by Gasteiger charge is -2.22. The van der Waals surface area contributed by atoms with Gasteiger partial charge in [0.1, 0.15) is 0 Å². The van der Waals surface area contributed by atoms with Crippen molar-refractivity contribution < 1.29 is 19.1 Å². The second-order valence-electron chi connectivity index (χ2n) is 4.41. The average molecular weight is 281 g/mol. The van der Waals surface area contributed by atoms with E-state index in [1.165, 1.54) is 26.0 Å². The summed E-state index contributed by atoms with van der Waals surface area (Å²) < 4.78 is 9.57. The smallest absolute Gasteiger partial charge is 0.323 e. The molecule has 0 saturated heterocycles. The van der Waals surface area contributed by atoms with E-state index in [0.717, 1.165) is 16.2 Å². The molecule has 0 aromatic carbocycles. The molecule has 6 heteroatoms. The molecule has 0 atom stereocenters. The molecule has 0 unspecified atom stereocenters. The third-order valence-electron chi connectivity index (χ3n) is 3.40. The van der Waals surface area contributed by atoms with E-state index in [0.29, 0.717) is 6.42 Å². The van der Waals surface area contributed by atoms with Gasteiger partial charge in [-0.05, 0) is 29.9 Å². The molecule has 1 aliphatic carbocycles. The molecule has 0 saturated carbocycles. The van der Waals surface area contributed by atoms with Crippen molar-refractivity contribution in [1.29, 1.82) is 0 Å². The lowest BCUT2D eigenvalue weighted by molar-refractivity contribution is -0.168. The molecule has 0 bridgehead atoms. The van der Waals surface area contributed by atoms with Crippen LogP contribution >= 0.6 is 11.8 Å². The molecule has 1 aromatic heterocycles. The first-order chi connectivity index (χ1) is 9.07. The van der Waals surface area contributed by atoms with Crippen LogP contribution in [-0.2, 0) is 31.9 Å². The van der Waals surface area contributed by atoms with Gasteiger partial charge in [0.25, 0.3) is 0 Å². The predicted octanol–water partition coefficient (Wildman–Crippen LogP) is 1.23. The number of pyridine rings is 1. The van der Waals surface area contributed by atoms with Crippen molar-refractivity contribution in [1.82, 2.24) is 4.98 Å². The van der Waals surface area contributed by atoms with E-state index < -0.39 is 17.4 Å². The molecule has 5 nitrogen and oxygen atoms in total. The van der Waals surface area contributed by atoms with Gasteiger partial charge in [-0.15, -0.1) is 11.8 Å². The Labute approximate surface area is 115 Å². The second-order valence-corrected chi connectivity index (χ2v) is 5.24. The van der Waals surface area contributed by atoms with Gasteiger partial charge in [0.05, 0.1) is 19.2 Å². The van der Waals surface area contributed by atoms with E-state index in [-0.39, 0.29) is 6.42 Å². The number of methoxy groups -OCH3 is 2. The summed E-state index contributed by atoms with van der Waals surface area (Å²) in [5.41, 5.74) is 0.591. The minimum Gasteiger partial charge on any atom is -0.468 e. The molecule has 1 aliphatic rings. The number of thioether (sulfide) groups is 1. The van der Waals surface area contributed by atoms with Gasteiger partial charge in [0, 0.05) is 12.6 Å². The lowest BCUT2D eigenvalue weighted by Crippen LogP contribution is -2.42. The maximum absolute atomic E-state index is 12.0. The van der Waals surface area contributed by atoms with E-state index in [2.05, 4.69) is 4.98 Å². The molecular formula is C13H15NO4S. The highest BCUT2D eigenvalue weighted by Gasteiger charge is 2.52. The summed E-state index contributed by atoms with van der Waals surface area (Å²) >= 11 is 1.52. The zero-order chi connectivity index (χ0) is 14.0. The Kier molecular flexibility index (Phi) is 3.80. The predicted molar refractivity (Wildman–Crippen MR) is 69.9 cm³/mol. The monoisotopic (exact) mass is 281 g/mol. The lowest BCUT2D eigenvalue weighted by atomic mass is 9.85. The molecule has 0 aliphatic heterocycles. The summed E-state index contributed by atoms with van der Waals surface area (Å²) in [6.45, 7) is 0. The Bertz CT molecular complexity index is 513. The van der Waals surface area contributed by atoms with Gasteiger partial charge in [-0.2, -0.15) is 0 Å². The molecule has 1 heterocycles. The van der Waals surface area contributed by atoms with Gasteiger partial charge < -0.3 is 9.47 Å². The standard InChI is InChI=1S/C13H15NO4S/c1-17-11(15)13(12(16)18-2)5-8-4-10(19-3)14-7-9(8)6-13/h4,7H,5-6H2,1-3H3. The van der Waals surface area contributed by atoms with E-state index in [1.54, 1.807) is 6.20 Å². The summed E-state index contributed by atoms with van der Waals surface area (Å²) in [6.07, 6.45) is 4.23. The van der Waals surface area contributed by atoms with Crippen molar-refractivity contribution in [2.24, 2.45) is 5.41 Å². The highest BCUT2D eigenvalue weighted by Crippen LogP contribution is 2.39.